The summed E-state index contributed by atoms with van der Waals surface area (Å²) in [7, 11) is 0. The van der Waals surface area contributed by atoms with Gasteiger partial charge in [-0.3, -0.25) is 9.69 Å². The lowest BCUT2D eigenvalue weighted by molar-refractivity contribution is 0.0615. The Morgan fingerprint density at radius 1 is 1.09 bits per heavy atom. The predicted molar refractivity (Wildman–Crippen MR) is 133 cm³/mol. The van der Waals surface area contributed by atoms with Gasteiger partial charge in [-0.15, -0.1) is 0 Å². The summed E-state index contributed by atoms with van der Waals surface area (Å²) in [5, 5.41) is 13.0. The molecule has 2 aromatic carbocycles. The number of aliphatic hydroxyl groups excluding tert-OH is 1. The Kier molecular flexibility index (Phi) is 6.75. The normalized spacial score (nSPS) is 16.7. The summed E-state index contributed by atoms with van der Waals surface area (Å²) in [5.74, 6) is -0.135. The monoisotopic (exact) mass is 482 g/mol. The number of anilines is 1. The number of fused-ring (bicyclic) bond motifs is 1. The van der Waals surface area contributed by atoms with Crippen LogP contribution in [0.25, 0.3) is 10.9 Å². The van der Waals surface area contributed by atoms with E-state index in [2.05, 4.69) is 10.2 Å². The molecule has 5 rings (SSSR count). The number of benzene rings is 2. The molecule has 1 amide bonds. The van der Waals surface area contributed by atoms with Gasteiger partial charge in [-0.2, -0.15) is 0 Å². The number of hydrogen-bond acceptors (Lipinski definition) is 4. The van der Waals surface area contributed by atoms with E-state index in [4.69, 9.17) is 0 Å². The van der Waals surface area contributed by atoms with Gasteiger partial charge in [-0.05, 0) is 55.5 Å². The third-order valence-corrected chi connectivity index (χ3v) is 7.20. The van der Waals surface area contributed by atoms with Crippen molar-refractivity contribution in [2.45, 2.75) is 32.9 Å². The number of nitrogens with one attached hydrogen (secondary N) is 1. The molecule has 2 fully saturated rings. The van der Waals surface area contributed by atoms with Crippen molar-refractivity contribution in [3.05, 3.63) is 64.9 Å². The van der Waals surface area contributed by atoms with Crippen LogP contribution in [0.1, 0.15) is 34.5 Å². The maximum Gasteiger partial charge on any atom is 0.254 e. The summed E-state index contributed by atoms with van der Waals surface area (Å²) < 4.78 is 30.8. The maximum absolute atomic E-state index is 15.5. The number of carbonyl (C=O) groups excluding carboxylic acids is 1. The first-order chi connectivity index (χ1) is 16.9. The molecule has 0 radical (unpaired) electrons. The molecule has 0 unspecified atom stereocenters. The molecule has 6 nitrogen and oxygen atoms in total. The first-order valence-electron chi connectivity index (χ1n) is 12.4. The van der Waals surface area contributed by atoms with E-state index in [0.717, 1.165) is 30.5 Å². The zero-order valence-electron chi connectivity index (χ0n) is 20.1. The average Bonchev–Trinajstić information content (AvgIpc) is 3.66. The molecule has 0 bridgehead atoms. The number of carbonyl (C=O) groups is 1. The van der Waals surface area contributed by atoms with E-state index in [0.29, 0.717) is 67.5 Å². The van der Waals surface area contributed by atoms with Gasteiger partial charge >= 0.3 is 0 Å². The number of rotatable bonds is 8. The molecule has 2 aliphatic rings. The van der Waals surface area contributed by atoms with Gasteiger partial charge in [-0.1, -0.05) is 12.1 Å². The van der Waals surface area contributed by atoms with Crippen LogP contribution >= 0.6 is 0 Å². The highest BCUT2D eigenvalue weighted by molar-refractivity contribution is 6.03. The highest BCUT2D eigenvalue weighted by atomic mass is 19.1. The van der Waals surface area contributed by atoms with Gasteiger partial charge in [0, 0.05) is 56.8 Å². The van der Waals surface area contributed by atoms with Gasteiger partial charge in [-0.25, -0.2) is 8.78 Å². The lowest BCUT2D eigenvalue weighted by atomic mass is 10.1. The van der Waals surface area contributed by atoms with E-state index in [1.165, 1.54) is 12.1 Å². The third kappa shape index (κ3) is 5.04. The summed E-state index contributed by atoms with van der Waals surface area (Å²) in [6, 6.07) is 9.79. The molecule has 1 saturated carbocycles. The number of β-amino-alcohol motifs (C(OH)–C–C–N with tert-alkyl or cyclic N) is 1. The summed E-state index contributed by atoms with van der Waals surface area (Å²) in [6.45, 7) is 6.24. The number of nitrogens with zero attached hydrogens (tertiary/aromatic N) is 3. The topological polar surface area (TPSA) is 60.7 Å². The first-order valence-corrected chi connectivity index (χ1v) is 12.4. The molecule has 186 valence electrons. The Labute approximate surface area is 204 Å². The first kappa shape index (κ1) is 23.8. The van der Waals surface area contributed by atoms with Crippen LogP contribution in [0.15, 0.2) is 36.4 Å². The highest BCUT2D eigenvalue weighted by Crippen LogP contribution is 2.37. The predicted octanol–water partition coefficient (Wildman–Crippen LogP) is 4.00. The van der Waals surface area contributed by atoms with E-state index in [1.807, 2.05) is 10.6 Å². The minimum Gasteiger partial charge on any atom is -0.395 e. The van der Waals surface area contributed by atoms with Crippen LogP contribution in [-0.4, -0.2) is 64.7 Å². The van der Waals surface area contributed by atoms with E-state index >= 15 is 4.39 Å². The lowest BCUT2D eigenvalue weighted by Gasteiger charge is -2.34. The maximum atomic E-state index is 15.5. The summed E-state index contributed by atoms with van der Waals surface area (Å²) in [4.78, 5) is 17.3. The summed E-state index contributed by atoms with van der Waals surface area (Å²) in [6.07, 6.45) is 2.30. The largest absolute Gasteiger partial charge is 0.395 e. The van der Waals surface area contributed by atoms with Crippen molar-refractivity contribution in [3.8, 4) is 0 Å². The second kappa shape index (κ2) is 9.95. The zero-order valence-corrected chi connectivity index (χ0v) is 20.1. The second-order valence-corrected chi connectivity index (χ2v) is 9.71. The van der Waals surface area contributed by atoms with Gasteiger partial charge in [0.1, 0.15) is 5.82 Å². The van der Waals surface area contributed by atoms with E-state index in [1.54, 1.807) is 30.0 Å². The molecule has 0 atom stereocenters. The fourth-order valence-corrected chi connectivity index (χ4v) is 4.92. The molecule has 1 saturated heterocycles. The van der Waals surface area contributed by atoms with Crippen molar-refractivity contribution in [3.63, 3.8) is 0 Å². The van der Waals surface area contributed by atoms with Gasteiger partial charge in [0.2, 0.25) is 0 Å². The van der Waals surface area contributed by atoms with Gasteiger partial charge in [0.15, 0.2) is 5.82 Å². The quantitative estimate of drug-likeness (QED) is 0.510. The molecule has 2 heterocycles. The number of halogens is 2. The Hall–Kier alpha value is -2.97. The standard InChI is InChI=1S/C27H32F2N4O2/c1-18-25(29)23-14-21(27(35)32-10-8-31(9-11-32)12-13-34)15-24(26(23)33(18)17-20-2-3-20)30-16-19-4-6-22(28)7-5-19/h4-7,14-15,20,30,34H,2-3,8-13,16-17H2,1H3. The van der Waals surface area contributed by atoms with Crippen molar-refractivity contribution in [1.82, 2.24) is 14.4 Å². The number of piperazine rings is 1. The van der Waals surface area contributed by atoms with E-state index in [9.17, 15) is 14.3 Å². The van der Waals surface area contributed by atoms with Gasteiger partial charge in [0.25, 0.3) is 5.91 Å². The van der Waals surface area contributed by atoms with Gasteiger partial charge in [0.05, 0.1) is 23.5 Å². The van der Waals surface area contributed by atoms with E-state index in [-0.39, 0.29) is 24.1 Å². The summed E-state index contributed by atoms with van der Waals surface area (Å²) >= 11 is 0. The number of aliphatic hydroxyl groups is 1. The minimum atomic E-state index is -0.293. The Morgan fingerprint density at radius 2 is 1.80 bits per heavy atom. The van der Waals surface area contributed by atoms with Crippen LogP contribution in [0.5, 0.6) is 0 Å². The molecular formula is C27H32F2N4O2. The van der Waals surface area contributed by atoms with Crippen molar-refractivity contribution < 1.29 is 18.7 Å². The molecule has 2 N–H and O–H groups in total. The second-order valence-electron chi connectivity index (χ2n) is 9.71. The van der Waals surface area contributed by atoms with Gasteiger partial charge < -0.3 is 19.9 Å². The van der Waals surface area contributed by atoms with Crippen molar-refractivity contribution in [1.29, 1.82) is 0 Å². The van der Waals surface area contributed by atoms with Crippen molar-refractivity contribution >= 4 is 22.5 Å². The molecule has 35 heavy (non-hydrogen) atoms. The molecule has 3 aromatic rings. The third-order valence-electron chi connectivity index (χ3n) is 7.20. The number of aromatic nitrogens is 1. The average molecular weight is 483 g/mol. The summed E-state index contributed by atoms with van der Waals surface area (Å²) in [5.41, 5.74) is 3.42. The van der Waals surface area contributed by atoms with Crippen LogP contribution < -0.4 is 5.32 Å². The van der Waals surface area contributed by atoms with Crippen LogP contribution in [0.4, 0.5) is 14.5 Å². The smallest absolute Gasteiger partial charge is 0.254 e. The number of amides is 1. The van der Waals surface area contributed by atoms with Crippen LogP contribution in [0.3, 0.4) is 0 Å². The van der Waals surface area contributed by atoms with Crippen LogP contribution in [0.2, 0.25) is 0 Å². The fraction of sp³-hybridized carbons (Fsp3) is 0.444. The SMILES string of the molecule is Cc1c(F)c2cc(C(=O)N3CCN(CCO)CC3)cc(NCc3ccc(F)cc3)c2n1CC1CC1. The molecular weight excluding hydrogens is 450 g/mol. The molecule has 8 heteroatoms. The Balaban J connectivity index is 1.48. The minimum absolute atomic E-state index is 0.101. The highest BCUT2D eigenvalue weighted by Gasteiger charge is 2.28. The molecule has 1 aliphatic carbocycles. The Morgan fingerprint density at radius 3 is 2.46 bits per heavy atom. The van der Waals surface area contributed by atoms with Crippen molar-refractivity contribution in [2.24, 2.45) is 5.92 Å². The fourth-order valence-electron chi connectivity index (χ4n) is 4.92. The van der Waals surface area contributed by atoms with Crippen LogP contribution in [0, 0.1) is 24.5 Å². The number of hydrogen-bond donors (Lipinski definition) is 2. The van der Waals surface area contributed by atoms with Crippen LogP contribution in [-0.2, 0) is 13.1 Å². The van der Waals surface area contributed by atoms with Crippen molar-refractivity contribution in [2.75, 3.05) is 44.6 Å². The molecule has 1 aliphatic heterocycles. The molecule has 0 spiro atoms. The molecule has 1 aromatic heterocycles. The van der Waals surface area contributed by atoms with E-state index < -0.39 is 0 Å². The lowest BCUT2D eigenvalue weighted by Crippen LogP contribution is -2.49. The zero-order chi connectivity index (χ0) is 24.5. The Bertz CT molecular complexity index is 1210.